The van der Waals surface area contributed by atoms with Crippen LogP contribution in [0.3, 0.4) is 0 Å². The van der Waals surface area contributed by atoms with Crippen molar-refractivity contribution in [3.8, 4) is 0 Å². The molecule has 0 bridgehead atoms. The number of hydrogen-bond acceptors (Lipinski definition) is 4. The summed E-state index contributed by atoms with van der Waals surface area (Å²) in [6, 6.07) is 1.18. The van der Waals surface area contributed by atoms with Crippen LogP contribution in [0.5, 0.6) is 0 Å². The average Bonchev–Trinajstić information content (AvgIpc) is 2.76. The molecule has 1 fully saturated rings. The van der Waals surface area contributed by atoms with Crippen LogP contribution in [-0.4, -0.2) is 42.5 Å². The molecule has 2 rings (SSSR count). The maximum Gasteiger partial charge on any atom is 0.227 e. The van der Waals surface area contributed by atoms with Crippen molar-refractivity contribution >= 4 is 30.0 Å². The molecule has 0 radical (unpaired) electrons. The van der Waals surface area contributed by atoms with Crippen LogP contribution in [0, 0.1) is 0 Å². The molecule has 20 heavy (non-hydrogen) atoms. The highest BCUT2D eigenvalue weighted by Gasteiger charge is 2.18. The second kappa shape index (κ2) is 7.04. The molecule has 5 nitrogen and oxygen atoms in total. The van der Waals surface area contributed by atoms with E-state index in [0.29, 0.717) is 11.5 Å². The number of hydrogen-bond donors (Lipinski definition) is 0. The van der Waals surface area contributed by atoms with Crippen molar-refractivity contribution in [3.63, 3.8) is 0 Å². The number of halogens is 1. The summed E-state index contributed by atoms with van der Waals surface area (Å²) in [4.78, 5) is 6.79. The molecule has 0 spiro atoms. The van der Waals surface area contributed by atoms with Gasteiger partial charge in [0.15, 0.2) is 0 Å². The summed E-state index contributed by atoms with van der Waals surface area (Å²) in [5.74, 6) is 0.935. The Bertz CT molecular complexity index is 426. The molecule has 2 heterocycles. The maximum atomic E-state index is 5.79. The number of piperidine rings is 1. The van der Waals surface area contributed by atoms with E-state index < -0.39 is 8.07 Å². The Morgan fingerprint density at radius 2 is 1.90 bits per heavy atom. The van der Waals surface area contributed by atoms with Gasteiger partial charge in [0.25, 0.3) is 0 Å². The lowest BCUT2D eigenvalue weighted by atomic mass is 10.1. The first kappa shape index (κ1) is 16.0. The van der Waals surface area contributed by atoms with Gasteiger partial charge in [0, 0.05) is 27.8 Å². The average molecular weight is 361 g/mol. The molecule has 1 aliphatic heterocycles. The van der Waals surface area contributed by atoms with Gasteiger partial charge in [-0.2, -0.15) is 4.98 Å². The lowest BCUT2D eigenvalue weighted by Gasteiger charge is -2.27. The topological polar surface area (TPSA) is 43.2 Å². The molecule has 1 saturated heterocycles. The fourth-order valence-electron chi connectivity index (χ4n) is 2.25. The van der Waals surface area contributed by atoms with Gasteiger partial charge in [-0.1, -0.05) is 19.6 Å². The van der Waals surface area contributed by atoms with Gasteiger partial charge in [0.1, 0.15) is 6.73 Å². The van der Waals surface area contributed by atoms with Gasteiger partial charge in [-0.15, -0.1) is 5.10 Å². The van der Waals surface area contributed by atoms with Crippen molar-refractivity contribution < 1.29 is 4.74 Å². The minimum atomic E-state index is -1.03. The molecular weight excluding hydrogens is 336 g/mol. The molecule has 0 N–H and O–H groups in total. The fourth-order valence-corrected chi connectivity index (χ4v) is 3.36. The van der Waals surface area contributed by atoms with Crippen LogP contribution in [0.2, 0.25) is 25.7 Å². The highest BCUT2D eigenvalue weighted by atomic mass is 79.9. The number of anilines is 1. The Kier molecular flexibility index (Phi) is 5.62. The molecule has 0 aromatic carbocycles. The normalized spacial score (nSPS) is 16.7. The van der Waals surface area contributed by atoms with Crippen molar-refractivity contribution in [2.24, 2.45) is 0 Å². The molecule has 0 atom stereocenters. The zero-order valence-electron chi connectivity index (χ0n) is 12.7. The van der Waals surface area contributed by atoms with E-state index in [-0.39, 0.29) is 0 Å². The number of aromatic nitrogens is 3. The predicted octanol–water partition coefficient (Wildman–Crippen LogP) is 3.34. The quantitative estimate of drug-likeness (QED) is 0.576. The third kappa shape index (κ3) is 4.86. The summed E-state index contributed by atoms with van der Waals surface area (Å²) in [5, 5.41) is 4.39. The summed E-state index contributed by atoms with van der Waals surface area (Å²) < 4.78 is 8.31. The molecule has 0 amide bonds. The molecule has 0 unspecified atom stereocenters. The van der Waals surface area contributed by atoms with Gasteiger partial charge < -0.3 is 9.64 Å². The van der Waals surface area contributed by atoms with Gasteiger partial charge in [-0.05, 0) is 41.2 Å². The van der Waals surface area contributed by atoms with Crippen molar-refractivity contribution in [2.45, 2.75) is 51.7 Å². The SMILES string of the molecule is C[Si](C)(C)CCOCn1nc(Br)nc1N1CCCCC1. The third-order valence-corrected chi connectivity index (χ3v) is 5.52. The van der Waals surface area contributed by atoms with Gasteiger partial charge in [0.2, 0.25) is 10.7 Å². The zero-order valence-corrected chi connectivity index (χ0v) is 15.3. The van der Waals surface area contributed by atoms with Crippen LogP contribution >= 0.6 is 15.9 Å². The van der Waals surface area contributed by atoms with Gasteiger partial charge in [0.05, 0.1) is 0 Å². The lowest BCUT2D eigenvalue weighted by Crippen LogP contribution is -2.32. The summed E-state index contributed by atoms with van der Waals surface area (Å²) >= 11 is 3.37. The van der Waals surface area contributed by atoms with E-state index >= 15 is 0 Å². The Morgan fingerprint density at radius 1 is 1.20 bits per heavy atom. The molecule has 7 heteroatoms. The second-order valence-electron chi connectivity index (χ2n) is 6.58. The Labute approximate surface area is 130 Å². The summed E-state index contributed by atoms with van der Waals surface area (Å²) in [6.45, 7) is 10.5. The number of ether oxygens (including phenoxy) is 1. The largest absolute Gasteiger partial charge is 0.359 e. The smallest absolute Gasteiger partial charge is 0.227 e. The zero-order chi connectivity index (χ0) is 14.6. The minimum Gasteiger partial charge on any atom is -0.359 e. The molecule has 1 aliphatic rings. The van der Waals surface area contributed by atoms with E-state index in [1.165, 1.54) is 25.3 Å². The monoisotopic (exact) mass is 360 g/mol. The van der Waals surface area contributed by atoms with Crippen molar-refractivity contribution in [1.82, 2.24) is 14.8 Å². The molecule has 1 aromatic heterocycles. The van der Waals surface area contributed by atoms with Crippen LogP contribution in [0.1, 0.15) is 19.3 Å². The van der Waals surface area contributed by atoms with Crippen molar-refractivity contribution in [2.75, 3.05) is 24.6 Å². The van der Waals surface area contributed by atoms with Crippen molar-refractivity contribution in [3.05, 3.63) is 4.73 Å². The second-order valence-corrected chi connectivity index (χ2v) is 12.9. The molecular formula is C13H25BrN4OSi. The number of rotatable bonds is 6. The first-order valence-corrected chi connectivity index (χ1v) is 11.9. The Balaban J connectivity index is 1.90. The van der Waals surface area contributed by atoms with Crippen molar-refractivity contribution in [1.29, 1.82) is 0 Å². The number of nitrogens with zero attached hydrogens (tertiary/aromatic N) is 4. The van der Waals surface area contributed by atoms with Crippen LogP contribution in [0.25, 0.3) is 0 Å². The lowest BCUT2D eigenvalue weighted by molar-refractivity contribution is 0.0789. The molecule has 0 saturated carbocycles. The van der Waals surface area contributed by atoms with Gasteiger partial charge >= 0.3 is 0 Å². The predicted molar refractivity (Wildman–Crippen MR) is 87.9 cm³/mol. The molecule has 0 aliphatic carbocycles. The van der Waals surface area contributed by atoms with E-state index in [9.17, 15) is 0 Å². The van der Waals surface area contributed by atoms with Crippen LogP contribution in [-0.2, 0) is 11.5 Å². The van der Waals surface area contributed by atoms with Gasteiger partial charge in [-0.25, -0.2) is 4.68 Å². The third-order valence-electron chi connectivity index (χ3n) is 3.48. The van der Waals surface area contributed by atoms with Crippen LogP contribution < -0.4 is 4.90 Å². The van der Waals surface area contributed by atoms with Crippen LogP contribution in [0.4, 0.5) is 5.95 Å². The Morgan fingerprint density at radius 3 is 2.55 bits per heavy atom. The highest BCUT2D eigenvalue weighted by Crippen LogP contribution is 2.20. The Hall–Kier alpha value is -0.403. The fraction of sp³-hybridized carbons (Fsp3) is 0.846. The van der Waals surface area contributed by atoms with E-state index in [1.807, 2.05) is 4.68 Å². The first-order chi connectivity index (χ1) is 9.46. The molecule has 114 valence electrons. The highest BCUT2D eigenvalue weighted by molar-refractivity contribution is 9.10. The standard InChI is InChI=1S/C13H25BrN4OSi/c1-20(2,3)10-9-19-11-18-13(15-12(14)16-18)17-7-5-4-6-8-17/h4-11H2,1-3H3. The van der Waals surface area contributed by atoms with Crippen LogP contribution in [0.15, 0.2) is 4.73 Å². The molecule has 1 aromatic rings. The van der Waals surface area contributed by atoms with E-state index in [1.54, 1.807) is 0 Å². The van der Waals surface area contributed by atoms with Gasteiger partial charge in [-0.3, -0.25) is 0 Å². The van der Waals surface area contributed by atoms with E-state index in [0.717, 1.165) is 25.6 Å². The summed E-state index contributed by atoms with van der Waals surface area (Å²) in [7, 11) is -1.03. The minimum absolute atomic E-state index is 0.495. The summed E-state index contributed by atoms with van der Waals surface area (Å²) in [6.07, 6.45) is 3.79. The van der Waals surface area contributed by atoms with E-state index in [4.69, 9.17) is 4.74 Å². The van der Waals surface area contributed by atoms with E-state index in [2.05, 4.69) is 50.6 Å². The summed E-state index contributed by atoms with van der Waals surface area (Å²) in [5.41, 5.74) is 0. The first-order valence-electron chi connectivity index (χ1n) is 7.39. The maximum absolute atomic E-state index is 5.79.